The van der Waals surface area contributed by atoms with E-state index >= 15 is 0 Å². The maximum absolute atomic E-state index is 9.81. The molecular weight excluding hydrogens is 276 g/mol. The van der Waals surface area contributed by atoms with Gasteiger partial charge in [0.1, 0.15) is 17.6 Å². The molecule has 20 heavy (non-hydrogen) atoms. The Hall–Kier alpha value is -2.38. The van der Waals surface area contributed by atoms with E-state index in [2.05, 4.69) is 5.32 Å². The normalized spacial score (nSPS) is 11.7. The van der Waals surface area contributed by atoms with Crippen LogP contribution in [0.5, 0.6) is 11.5 Å². The van der Waals surface area contributed by atoms with Gasteiger partial charge in [-0.25, -0.2) is 0 Å². The Bertz CT molecular complexity index is 680. The second-order valence-electron chi connectivity index (χ2n) is 4.42. The van der Waals surface area contributed by atoms with Crippen LogP contribution in [0, 0.1) is 11.3 Å². The summed E-state index contributed by atoms with van der Waals surface area (Å²) in [6.07, 6.45) is 0. The molecule has 0 aliphatic heterocycles. The van der Waals surface area contributed by atoms with E-state index in [1.54, 1.807) is 24.3 Å². The summed E-state index contributed by atoms with van der Waals surface area (Å²) in [6, 6.07) is 11.3. The fourth-order valence-electron chi connectivity index (χ4n) is 1.93. The molecule has 0 aliphatic rings. The van der Waals surface area contributed by atoms with Crippen LogP contribution in [0.4, 0.5) is 5.69 Å². The van der Waals surface area contributed by atoms with E-state index in [4.69, 9.17) is 16.9 Å². The number of nitrogens with zero attached hydrogens (tertiary/aromatic N) is 1. The van der Waals surface area contributed by atoms with Crippen LogP contribution < -0.4 is 5.32 Å². The summed E-state index contributed by atoms with van der Waals surface area (Å²) in [6.45, 7) is 1.87. The van der Waals surface area contributed by atoms with Gasteiger partial charge in [-0.15, -0.1) is 0 Å². The molecule has 0 aromatic heterocycles. The number of hydrogen-bond donors (Lipinski definition) is 3. The van der Waals surface area contributed by atoms with Crippen molar-refractivity contribution in [1.82, 2.24) is 0 Å². The number of nitriles is 1. The second-order valence-corrected chi connectivity index (χ2v) is 4.82. The molecule has 4 nitrogen and oxygen atoms in total. The zero-order chi connectivity index (χ0) is 14.7. The van der Waals surface area contributed by atoms with Gasteiger partial charge in [0.05, 0.1) is 16.6 Å². The van der Waals surface area contributed by atoms with E-state index in [1.807, 2.05) is 13.0 Å². The molecule has 0 spiro atoms. The Balaban J connectivity index is 2.23. The zero-order valence-corrected chi connectivity index (χ0v) is 11.5. The van der Waals surface area contributed by atoms with E-state index in [0.717, 1.165) is 5.69 Å². The third kappa shape index (κ3) is 2.95. The molecule has 0 amide bonds. The van der Waals surface area contributed by atoms with Gasteiger partial charge in [-0.2, -0.15) is 5.26 Å². The van der Waals surface area contributed by atoms with Crippen LogP contribution in [-0.2, 0) is 0 Å². The van der Waals surface area contributed by atoms with E-state index in [-0.39, 0.29) is 17.5 Å². The Kier molecular flexibility index (Phi) is 4.02. The fraction of sp³-hybridized carbons (Fsp3) is 0.133. The van der Waals surface area contributed by atoms with Crippen molar-refractivity contribution in [3.05, 3.63) is 52.5 Å². The number of aromatic hydroxyl groups is 2. The summed E-state index contributed by atoms with van der Waals surface area (Å²) in [7, 11) is 0. The summed E-state index contributed by atoms with van der Waals surface area (Å²) in [5, 5.41) is 31.6. The molecule has 0 radical (unpaired) electrons. The maximum atomic E-state index is 9.81. The lowest BCUT2D eigenvalue weighted by Crippen LogP contribution is -2.07. The third-order valence-electron chi connectivity index (χ3n) is 2.95. The number of halogens is 1. The molecule has 1 unspecified atom stereocenters. The highest BCUT2D eigenvalue weighted by Crippen LogP contribution is 2.30. The molecule has 0 fully saturated rings. The lowest BCUT2D eigenvalue weighted by molar-refractivity contribution is 0.444. The number of rotatable bonds is 3. The van der Waals surface area contributed by atoms with E-state index in [9.17, 15) is 10.2 Å². The highest BCUT2D eigenvalue weighted by atomic mass is 35.5. The SMILES string of the molecule is CC(Nc1ccc(Cl)c(C#N)c1)c1ccc(O)cc1O. The molecule has 0 aliphatic carbocycles. The average molecular weight is 289 g/mol. The molecule has 0 saturated carbocycles. The highest BCUT2D eigenvalue weighted by molar-refractivity contribution is 6.31. The Morgan fingerprint density at radius 1 is 1.20 bits per heavy atom. The van der Waals surface area contributed by atoms with Gasteiger partial charge in [0, 0.05) is 17.3 Å². The smallest absolute Gasteiger partial charge is 0.124 e. The fourth-order valence-corrected chi connectivity index (χ4v) is 2.09. The quantitative estimate of drug-likeness (QED) is 0.803. The molecule has 2 rings (SSSR count). The minimum Gasteiger partial charge on any atom is -0.508 e. The van der Waals surface area contributed by atoms with Crippen molar-refractivity contribution in [3.8, 4) is 17.6 Å². The van der Waals surface area contributed by atoms with Crippen molar-refractivity contribution in [2.45, 2.75) is 13.0 Å². The van der Waals surface area contributed by atoms with Crippen molar-refractivity contribution in [1.29, 1.82) is 5.26 Å². The number of benzene rings is 2. The lowest BCUT2D eigenvalue weighted by atomic mass is 10.1. The van der Waals surface area contributed by atoms with E-state index < -0.39 is 0 Å². The van der Waals surface area contributed by atoms with Gasteiger partial charge < -0.3 is 15.5 Å². The molecule has 2 aromatic rings. The standard InChI is InChI=1S/C15H13ClN2O2/c1-9(13-4-3-12(19)7-15(13)20)18-11-2-5-14(16)10(6-11)8-17/h2-7,9,18-20H,1H3. The number of anilines is 1. The highest BCUT2D eigenvalue weighted by Gasteiger charge is 2.11. The molecule has 1 atom stereocenters. The van der Waals surface area contributed by atoms with Gasteiger partial charge in [-0.3, -0.25) is 0 Å². The van der Waals surface area contributed by atoms with Crippen molar-refractivity contribution in [2.75, 3.05) is 5.32 Å². The average Bonchev–Trinajstić information content (AvgIpc) is 2.40. The monoisotopic (exact) mass is 288 g/mol. The molecule has 3 N–H and O–H groups in total. The van der Waals surface area contributed by atoms with Gasteiger partial charge in [-0.05, 0) is 37.3 Å². The molecule has 0 saturated heterocycles. The first-order valence-electron chi connectivity index (χ1n) is 5.99. The predicted octanol–water partition coefficient (Wildman–Crippen LogP) is 3.80. The van der Waals surface area contributed by atoms with Gasteiger partial charge in [0.15, 0.2) is 0 Å². The molecule has 2 aromatic carbocycles. The largest absolute Gasteiger partial charge is 0.508 e. The minimum absolute atomic E-state index is 0.0108. The number of hydrogen-bond acceptors (Lipinski definition) is 4. The molecule has 0 heterocycles. The zero-order valence-electron chi connectivity index (χ0n) is 10.8. The number of phenols is 2. The Morgan fingerprint density at radius 3 is 2.60 bits per heavy atom. The third-order valence-corrected chi connectivity index (χ3v) is 3.28. The molecule has 0 bridgehead atoms. The van der Waals surface area contributed by atoms with Crippen molar-refractivity contribution in [2.24, 2.45) is 0 Å². The Morgan fingerprint density at radius 2 is 1.95 bits per heavy atom. The van der Waals surface area contributed by atoms with Gasteiger partial charge >= 0.3 is 0 Å². The molecular formula is C15H13ClN2O2. The van der Waals surface area contributed by atoms with Crippen molar-refractivity contribution < 1.29 is 10.2 Å². The first-order valence-corrected chi connectivity index (χ1v) is 6.37. The summed E-state index contributed by atoms with van der Waals surface area (Å²) in [5.41, 5.74) is 1.76. The maximum Gasteiger partial charge on any atom is 0.124 e. The lowest BCUT2D eigenvalue weighted by Gasteiger charge is -2.17. The summed E-state index contributed by atoms with van der Waals surface area (Å²) in [5.74, 6) is 0.0242. The molecule has 102 valence electrons. The number of nitrogens with one attached hydrogen (secondary N) is 1. The summed E-state index contributed by atoms with van der Waals surface area (Å²) >= 11 is 5.87. The topological polar surface area (TPSA) is 76.3 Å². The van der Waals surface area contributed by atoms with E-state index in [0.29, 0.717) is 16.1 Å². The van der Waals surface area contributed by atoms with Crippen LogP contribution in [0.3, 0.4) is 0 Å². The predicted molar refractivity (Wildman–Crippen MR) is 78.0 cm³/mol. The minimum atomic E-state index is -0.191. The van der Waals surface area contributed by atoms with Gasteiger partial charge in [0.2, 0.25) is 0 Å². The van der Waals surface area contributed by atoms with Crippen LogP contribution >= 0.6 is 11.6 Å². The van der Waals surface area contributed by atoms with Gasteiger partial charge in [-0.1, -0.05) is 11.6 Å². The second kappa shape index (κ2) is 5.72. The van der Waals surface area contributed by atoms with Gasteiger partial charge in [0.25, 0.3) is 0 Å². The first kappa shape index (κ1) is 14.0. The molecule has 5 heteroatoms. The number of phenolic OH excluding ortho intramolecular Hbond substituents is 2. The Labute approximate surface area is 121 Å². The van der Waals surface area contributed by atoms with Crippen LogP contribution in [0.15, 0.2) is 36.4 Å². The van der Waals surface area contributed by atoms with Crippen molar-refractivity contribution in [3.63, 3.8) is 0 Å². The summed E-state index contributed by atoms with van der Waals surface area (Å²) in [4.78, 5) is 0. The van der Waals surface area contributed by atoms with Crippen LogP contribution in [0.1, 0.15) is 24.1 Å². The van der Waals surface area contributed by atoms with Crippen LogP contribution in [0.25, 0.3) is 0 Å². The van der Waals surface area contributed by atoms with Crippen LogP contribution in [0.2, 0.25) is 5.02 Å². The van der Waals surface area contributed by atoms with E-state index in [1.165, 1.54) is 12.1 Å². The van der Waals surface area contributed by atoms with Crippen LogP contribution in [-0.4, -0.2) is 10.2 Å². The first-order chi connectivity index (χ1) is 9.51. The van der Waals surface area contributed by atoms with Crippen molar-refractivity contribution >= 4 is 17.3 Å². The summed E-state index contributed by atoms with van der Waals surface area (Å²) < 4.78 is 0.